The summed E-state index contributed by atoms with van der Waals surface area (Å²) in [5.74, 6) is -1.83. The first-order chi connectivity index (χ1) is 9.86. The Bertz CT molecular complexity index is 633. The standard InChI is InChI=1S/C12H17N3O6/c1-14-10(17)3-5-15(12(14)20)7-9(16)13-8(11(18)19)4-6-21-2/h3,5,8H,4,6-7H2,1-2H3,(H,13,16)(H,18,19). The molecule has 21 heavy (non-hydrogen) atoms. The highest BCUT2D eigenvalue weighted by atomic mass is 16.5. The van der Waals surface area contributed by atoms with Gasteiger partial charge in [-0.05, 0) is 0 Å². The predicted molar refractivity (Wildman–Crippen MR) is 72.0 cm³/mol. The van der Waals surface area contributed by atoms with Gasteiger partial charge in [-0.2, -0.15) is 0 Å². The third kappa shape index (κ3) is 4.56. The van der Waals surface area contributed by atoms with Gasteiger partial charge >= 0.3 is 11.7 Å². The summed E-state index contributed by atoms with van der Waals surface area (Å²) in [5.41, 5.74) is -1.14. The minimum absolute atomic E-state index is 0.111. The number of carboxylic acid groups (broad SMARTS) is 1. The van der Waals surface area contributed by atoms with Crippen LogP contribution in [0, 0.1) is 0 Å². The Hall–Kier alpha value is -2.42. The Balaban J connectivity index is 2.77. The van der Waals surface area contributed by atoms with Crippen molar-refractivity contribution in [1.29, 1.82) is 0 Å². The molecule has 116 valence electrons. The number of hydrogen-bond donors (Lipinski definition) is 2. The summed E-state index contributed by atoms with van der Waals surface area (Å²) in [4.78, 5) is 45.7. The molecule has 1 unspecified atom stereocenters. The van der Waals surface area contributed by atoms with Gasteiger partial charge in [0.1, 0.15) is 12.6 Å². The molecule has 1 amide bonds. The smallest absolute Gasteiger partial charge is 0.331 e. The second-order valence-electron chi connectivity index (χ2n) is 4.36. The summed E-state index contributed by atoms with van der Waals surface area (Å²) >= 11 is 0. The van der Waals surface area contributed by atoms with E-state index < -0.39 is 29.2 Å². The van der Waals surface area contributed by atoms with Gasteiger partial charge in [-0.1, -0.05) is 0 Å². The third-order valence-electron chi connectivity index (χ3n) is 2.82. The molecule has 0 aliphatic heterocycles. The van der Waals surface area contributed by atoms with Gasteiger partial charge in [0.25, 0.3) is 5.56 Å². The molecule has 1 aromatic rings. The molecule has 0 saturated carbocycles. The highest BCUT2D eigenvalue weighted by Gasteiger charge is 2.19. The van der Waals surface area contributed by atoms with Gasteiger partial charge in [0.2, 0.25) is 5.91 Å². The van der Waals surface area contributed by atoms with Crippen molar-refractivity contribution < 1.29 is 19.4 Å². The van der Waals surface area contributed by atoms with Crippen LogP contribution in [0.1, 0.15) is 6.42 Å². The molecule has 0 aliphatic carbocycles. The summed E-state index contributed by atoms with van der Waals surface area (Å²) in [6.45, 7) is -0.194. The van der Waals surface area contributed by atoms with Crippen LogP contribution >= 0.6 is 0 Å². The number of ether oxygens (including phenoxy) is 1. The number of carboxylic acids is 1. The quantitative estimate of drug-likeness (QED) is 0.610. The number of nitrogens with zero attached hydrogens (tertiary/aromatic N) is 2. The van der Waals surface area contributed by atoms with Gasteiger partial charge in [-0.25, -0.2) is 9.59 Å². The van der Waals surface area contributed by atoms with E-state index >= 15 is 0 Å². The molecule has 0 fully saturated rings. The molecule has 9 nitrogen and oxygen atoms in total. The highest BCUT2D eigenvalue weighted by molar-refractivity contribution is 5.83. The van der Waals surface area contributed by atoms with Crippen molar-refractivity contribution in [3.8, 4) is 0 Å². The van der Waals surface area contributed by atoms with Crippen LogP contribution < -0.4 is 16.6 Å². The van der Waals surface area contributed by atoms with Crippen LogP contribution in [0.4, 0.5) is 0 Å². The molecule has 2 N–H and O–H groups in total. The number of aliphatic carboxylic acids is 1. The van der Waals surface area contributed by atoms with Crippen molar-refractivity contribution in [3.63, 3.8) is 0 Å². The zero-order valence-corrected chi connectivity index (χ0v) is 11.7. The number of hydrogen-bond acceptors (Lipinski definition) is 5. The Morgan fingerprint density at radius 1 is 1.43 bits per heavy atom. The van der Waals surface area contributed by atoms with E-state index in [-0.39, 0.29) is 19.6 Å². The van der Waals surface area contributed by atoms with Crippen molar-refractivity contribution in [2.45, 2.75) is 19.0 Å². The molecule has 0 radical (unpaired) electrons. The lowest BCUT2D eigenvalue weighted by Crippen LogP contribution is -2.45. The monoisotopic (exact) mass is 299 g/mol. The van der Waals surface area contributed by atoms with E-state index in [4.69, 9.17) is 9.84 Å². The predicted octanol–water partition coefficient (Wildman–Crippen LogP) is -1.85. The zero-order valence-electron chi connectivity index (χ0n) is 11.7. The number of nitrogens with one attached hydrogen (secondary N) is 1. The maximum absolute atomic E-state index is 11.8. The molecule has 0 saturated heterocycles. The number of amides is 1. The SMILES string of the molecule is COCCC(NC(=O)Cn1ccc(=O)n(C)c1=O)C(=O)O. The summed E-state index contributed by atoms with van der Waals surface area (Å²) in [7, 11) is 2.71. The third-order valence-corrected chi connectivity index (χ3v) is 2.82. The second-order valence-corrected chi connectivity index (χ2v) is 4.36. The van der Waals surface area contributed by atoms with Crippen LogP contribution in [-0.4, -0.2) is 45.9 Å². The maximum atomic E-state index is 11.8. The highest BCUT2D eigenvalue weighted by Crippen LogP contribution is 1.94. The van der Waals surface area contributed by atoms with Gasteiger partial charge in [-0.15, -0.1) is 0 Å². The van der Waals surface area contributed by atoms with Gasteiger partial charge in [0.15, 0.2) is 0 Å². The fraction of sp³-hybridized carbons (Fsp3) is 0.500. The molecule has 0 aromatic carbocycles. The number of aromatic nitrogens is 2. The minimum atomic E-state index is -1.19. The molecule has 1 heterocycles. The molecule has 1 atom stereocenters. The topological polar surface area (TPSA) is 120 Å². The van der Waals surface area contributed by atoms with Crippen molar-refractivity contribution in [2.75, 3.05) is 13.7 Å². The number of carbonyl (C=O) groups excluding carboxylic acids is 1. The Morgan fingerprint density at radius 2 is 2.10 bits per heavy atom. The molecule has 1 aromatic heterocycles. The molecular weight excluding hydrogens is 282 g/mol. The van der Waals surface area contributed by atoms with Crippen LogP contribution in [0.2, 0.25) is 0 Å². The Labute approximate surface area is 119 Å². The van der Waals surface area contributed by atoms with Crippen LogP contribution in [0.15, 0.2) is 21.9 Å². The Morgan fingerprint density at radius 3 is 2.67 bits per heavy atom. The van der Waals surface area contributed by atoms with Gasteiger partial charge in [0, 0.05) is 39.4 Å². The van der Waals surface area contributed by atoms with E-state index in [2.05, 4.69) is 5.32 Å². The van der Waals surface area contributed by atoms with Gasteiger partial charge in [0.05, 0.1) is 0 Å². The van der Waals surface area contributed by atoms with E-state index in [9.17, 15) is 19.2 Å². The fourth-order valence-corrected chi connectivity index (χ4v) is 1.62. The lowest BCUT2D eigenvalue weighted by Gasteiger charge is -2.14. The largest absolute Gasteiger partial charge is 0.480 e. The normalized spacial score (nSPS) is 11.9. The van der Waals surface area contributed by atoms with Crippen molar-refractivity contribution in [2.24, 2.45) is 7.05 Å². The van der Waals surface area contributed by atoms with Crippen LogP contribution in [0.3, 0.4) is 0 Å². The zero-order chi connectivity index (χ0) is 16.0. The molecule has 0 aliphatic rings. The van der Waals surface area contributed by atoms with E-state index in [0.717, 1.165) is 15.2 Å². The minimum Gasteiger partial charge on any atom is -0.480 e. The molecule has 0 bridgehead atoms. The molecule has 0 spiro atoms. The van der Waals surface area contributed by atoms with Crippen molar-refractivity contribution in [1.82, 2.24) is 14.5 Å². The first-order valence-corrected chi connectivity index (χ1v) is 6.14. The number of carbonyl (C=O) groups is 2. The van der Waals surface area contributed by atoms with E-state index in [1.54, 1.807) is 0 Å². The van der Waals surface area contributed by atoms with Crippen molar-refractivity contribution in [3.05, 3.63) is 33.1 Å². The van der Waals surface area contributed by atoms with E-state index in [1.807, 2.05) is 0 Å². The second kappa shape index (κ2) is 7.39. The number of methoxy groups -OCH3 is 1. The summed E-state index contributed by atoms with van der Waals surface area (Å²) in [5, 5.41) is 11.3. The van der Waals surface area contributed by atoms with E-state index in [1.165, 1.54) is 20.4 Å². The fourth-order valence-electron chi connectivity index (χ4n) is 1.62. The lowest BCUT2D eigenvalue weighted by atomic mass is 10.2. The summed E-state index contributed by atoms with van der Waals surface area (Å²) in [6, 6.07) is 0.0505. The van der Waals surface area contributed by atoms with Crippen LogP contribution in [0.5, 0.6) is 0 Å². The average molecular weight is 299 g/mol. The molecule has 1 rings (SSSR count). The average Bonchev–Trinajstić information content (AvgIpc) is 2.43. The van der Waals surface area contributed by atoms with Gasteiger partial charge < -0.3 is 15.2 Å². The van der Waals surface area contributed by atoms with Crippen LogP contribution in [-0.2, 0) is 27.9 Å². The molecule has 9 heteroatoms. The summed E-state index contributed by atoms with van der Waals surface area (Å²) in [6.07, 6.45) is 1.30. The first kappa shape index (κ1) is 16.6. The van der Waals surface area contributed by atoms with Crippen molar-refractivity contribution >= 4 is 11.9 Å². The Kier molecular flexibility index (Phi) is 5.85. The first-order valence-electron chi connectivity index (χ1n) is 6.14. The van der Waals surface area contributed by atoms with Gasteiger partial charge in [-0.3, -0.25) is 18.7 Å². The lowest BCUT2D eigenvalue weighted by molar-refractivity contribution is -0.142. The maximum Gasteiger partial charge on any atom is 0.331 e. The number of rotatable bonds is 7. The van der Waals surface area contributed by atoms with Crippen LogP contribution in [0.25, 0.3) is 0 Å². The summed E-state index contributed by atoms with van der Waals surface area (Å²) < 4.78 is 6.64. The van der Waals surface area contributed by atoms with E-state index in [0.29, 0.717) is 0 Å². The molecular formula is C12H17N3O6.